The van der Waals surface area contributed by atoms with Gasteiger partial charge in [0, 0.05) is 11.6 Å². The molecule has 0 amide bonds. The van der Waals surface area contributed by atoms with E-state index in [4.69, 9.17) is 5.41 Å². The summed E-state index contributed by atoms with van der Waals surface area (Å²) in [5.41, 5.74) is 0.889. The summed E-state index contributed by atoms with van der Waals surface area (Å²) in [6, 6.07) is 7.54. The number of fused-ring (bicyclic) bond motifs is 3. The fourth-order valence-electron chi connectivity index (χ4n) is 1.58. The Kier molecular flexibility index (Phi) is 1.28. The van der Waals surface area contributed by atoms with Crippen molar-refractivity contribution in [2.75, 3.05) is 0 Å². The van der Waals surface area contributed by atoms with Crippen LogP contribution in [0.1, 0.15) is 0 Å². The molecule has 66 valence electrons. The van der Waals surface area contributed by atoms with E-state index in [0.29, 0.717) is 0 Å². The summed E-state index contributed by atoms with van der Waals surface area (Å²) in [7, 11) is 0. The van der Waals surface area contributed by atoms with Crippen LogP contribution in [-0.4, -0.2) is 10.9 Å². The number of nitrogens with zero attached hydrogens (tertiary/aromatic N) is 3. The molecule has 2 aromatic rings. The number of guanidine groups is 1. The van der Waals surface area contributed by atoms with Gasteiger partial charge in [-0.15, -0.1) is 0 Å². The monoisotopic (exact) mass is 182 g/mol. The fraction of sp³-hybridized carbons (Fsp3) is 0. The maximum atomic E-state index is 7.36. The van der Waals surface area contributed by atoms with E-state index in [1.54, 1.807) is 6.20 Å². The SMILES string of the molecule is N=C1N=c2ccc3ncccc3c2=N1. The summed E-state index contributed by atoms with van der Waals surface area (Å²) in [6.07, 6.45) is 1.74. The van der Waals surface area contributed by atoms with Gasteiger partial charge in [0.2, 0.25) is 5.96 Å². The predicted octanol–water partition coefficient (Wildman–Crippen LogP) is 0.422. The van der Waals surface area contributed by atoms with Crippen LogP contribution in [0.2, 0.25) is 0 Å². The standard InChI is InChI=1S/C10H6N4/c11-10-13-8-4-3-7-6(9(8)14-10)2-1-5-12-7/h1-5,11H. The third kappa shape index (κ3) is 0.877. The van der Waals surface area contributed by atoms with Crippen molar-refractivity contribution in [3.8, 4) is 0 Å². The van der Waals surface area contributed by atoms with Crippen molar-refractivity contribution in [2.24, 2.45) is 9.98 Å². The molecule has 0 spiro atoms. The summed E-state index contributed by atoms with van der Waals surface area (Å²) < 4.78 is 0. The molecule has 0 saturated heterocycles. The van der Waals surface area contributed by atoms with Gasteiger partial charge in [0.05, 0.1) is 10.9 Å². The largest absolute Gasteiger partial charge is 0.265 e. The first-order valence-electron chi connectivity index (χ1n) is 4.24. The average Bonchev–Trinajstić information content (AvgIpc) is 2.59. The Bertz CT molecular complexity index is 657. The summed E-state index contributed by atoms with van der Waals surface area (Å²) in [5.74, 6) is 0.0661. The summed E-state index contributed by atoms with van der Waals surface area (Å²) >= 11 is 0. The van der Waals surface area contributed by atoms with Crippen molar-refractivity contribution in [1.82, 2.24) is 4.98 Å². The molecule has 1 aliphatic rings. The first-order valence-corrected chi connectivity index (χ1v) is 4.24. The van der Waals surface area contributed by atoms with Gasteiger partial charge in [0.1, 0.15) is 5.36 Å². The lowest BCUT2D eigenvalue weighted by molar-refractivity contribution is 1.35. The van der Waals surface area contributed by atoms with Gasteiger partial charge in [-0.1, -0.05) is 0 Å². The molecule has 3 rings (SSSR count). The lowest BCUT2D eigenvalue weighted by atomic mass is 10.2. The first-order chi connectivity index (χ1) is 6.84. The molecular weight excluding hydrogens is 176 g/mol. The highest BCUT2D eigenvalue weighted by molar-refractivity contribution is 5.85. The Hall–Kier alpha value is -2.10. The zero-order valence-electron chi connectivity index (χ0n) is 7.23. The number of hydrogen-bond acceptors (Lipinski definition) is 2. The minimum Gasteiger partial charge on any atom is -0.265 e. The summed E-state index contributed by atoms with van der Waals surface area (Å²) in [6.45, 7) is 0. The van der Waals surface area contributed by atoms with E-state index in [2.05, 4.69) is 15.0 Å². The van der Waals surface area contributed by atoms with Gasteiger partial charge in [-0.2, -0.15) is 0 Å². The second-order valence-electron chi connectivity index (χ2n) is 3.05. The van der Waals surface area contributed by atoms with E-state index in [1.165, 1.54) is 0 Å². The van der Waals surface area contributed by atoms with E-state index in [0.717, 1.165) is 21.6 Å². The van der Waals surface area contributed by atoms with Crippen molar-refractivity contribution in [1.29, 1.82) is 5.41 Å². The highest BCUT2D eigenvalue weighted by Crippen LogP contribution is 2.03. The molecule has 4 nitrogen and oxygen atoms in total. The van der Waals surface area contributed by atoms with Gasteiger partial charge in [0.15, 0.2) is 0 Å². The molecule has 4 heteroatoms. The van der Waals surface area contributed by atoms with Gasteiger partial charge >= 0.3 is 0 Å². The molecule has 0 bridgehead atoms. The maximum absolute atomic E-state index is 7.36. The lowest BCUT2D eigenvalue weighted by Crippen LogP contribution is -2.22. The minimum absolute atomic E-state index is 0.0661. The Morgan fingerprint density at radius 1 is 1.07 bits per heavy atom. The van der Waals surface area contributed by atoms with Crippen LogP contribution in [0.5, 0.6) is 0 Å². The van der Waals surface area contributed by atoms with Gasteiger partial charge in [0.25, 0.3) is 0 Å². The van der Waals surface area contributed by atoms with Crippen LogP contribution >= 0.6 is 0 Å². The lowest BCUT2D eigenvalue weighted by Gasteiger charge is -1.93. The number of nitrogens with one attached hydrogen (secondary N) is 1. The molecule has 0 saturated carbocycles. The molecule has 14 heavy (non-hydrogen) atoms. The van der Waals surface area contributed by atoms with E-state index < -0.39 is 0 Å². The Labute approximate surface area is 79.2 Å². The first kappa shape index (κ1) is 7.32. The maximum Gasteiger partial charge on any atom is 0.243 e. The fourth-order valence-corrected chi connectivity index (χ4v) is 1.58. The average molecular weight is 182 g/mol. The number of hydrogen-bond donors (Lipinski definition) is 1. The van der Waals surface area contributed by atoms with Gasteiger partial charge < -0.3 is 0 Å². The highest BCUT2D eigenvalue weighted by Gasteiger charge is 2.05. The smallest absolute Gasteiger partial charge is 0.243 e. The third-order valence-corrected chi connectivity index (χ3v) is 2.18. The molecule has 1 aliphatic heterocycles. The molecule has 0 atom stereocenters. The Balaban J connectivity index is 2.65. The van der Waals surface area contributed by atoms with E-state index >= 15 is 0 Å². The zero-order valence-corrected chi connectivity index (χ0v) is 7.23. The minimum atomic E-state index is 0.0661. The molecular formula is C10H6N4. The van der Waals surface area contributed by atoms with Crippen molar-refractivity contribution >= 4 is 16.9 Å². The molecule has 0 fully saturated rings. The summed E-state index contributed by atoms with van der Waals surface area (Å²) in [5, 5.41) is 9.83. The normalized spacial score (nSPS) is 13.6. The van der Waals surface area contributed by atoms with Crippen LogP contribution in [0.3, 0.4) is 0 Å². The molecule has 1 N–H and O–H groups in total. The number of pyridine rings is 1. The highest BCUT2D eigenvalue weighted by atomic mass is 15.0. The van der Waals surface area contributed by atoms with Crippen LogP contribution in [0.15, 0.2) is 40.4 Å². The van der Waals surface area contributed by atoms with Crippen LogP contribution < -0.4 is 10.7 Å². The van der Waals surface area contributed by atoms with Crippen LogP contribution in [0.25, 0.3) is 10.9 Å². The van der Waals surface area contributed by atoms with Crippen molar-refractivity contribution in [3.05, 3.63) is 41.2 Å². The van der Waals surface area contributed by atoms with E-state index in [-0.39, 0.29) is 5.96 Å². The molecule has 0 aliphatic carbocycles. The predicted molar refractivity (Wildman–Crippen MR) is 51.8 cm³/mol. The van der Waals surface area contributed by atoms with Gasteiger partial charge in [-0.3, -0.25) is 10.4 Å². The van der Waals surface area contributed by atoms with Crippen molar-refractivity contribution < 1.29 is 0 Å². The Morgan fingerprint density at radius 2 is 2.00 bits per heavy atom. The molecule has 0 radical (unpaired) electrons. The second-order valence-corrected chi connectivity index (χ2v) is 3.05. The van der Waals surface area contributed by atoms with Gasteiger partial charge in [-0.25, -0.2) is 9.98 Å². The molecule has 1 aromatic heterocycles. The Morgan fingerprint density at radius 3 is 2.93 bits per heavy atom. The second kappa shape index (κ2) is 2.45. The van der Waals surface area contributed by atoms with Gasteiger partial charge in [-0.05, 0) is 24.3 Å². The van der Waals surface area contributed by atoms with E-state index in [9.17, 15) is 0 Å². The number of rotatable bonds is 0. The number of benzene rings is 1. The van der Waals surface area contributed by atoms with Crippen LogP contribution in [0.4, 0.5) is 0 Å². The number of aromatic nitrogens is 1. The quantitative estimate of drug-likeness (QED) is 0.630. The van der Waals surface area contributed by atoms with Crippen LogP contribution in [0, 0.1) is 5.41 Å². The topological polar surface area (TPSA) is 61.5 Å². The molecule has 2 heterocycles. The molecule has 1 aromatic carbocycles. The van der Waals surface area contributed by atoms with E-state index in [1.807, 2.05) is 24.3 Å². The van der Waals surface area contributed by atoms with Crippen molar-refractivity contribution in [2.45, 2.75) is 0 Å². The third-order valence-electron chi connectivity index (χ3n) is 2.18. The summed E-state index contributed by atoms with van der Waals surface area (Å²) in [4.78, 5) is 12.3. The molecule has 0 unspecified atom stereocenters. The van der Waals surface area contributed by atoms with Crippen molar-refractivity contribution in [3.63, 3.8) is 0 Å². The zero-order chi connectivity index (χ0) is 9.54. The van der Waals surface area contributed by atoms with Crippen LogP contribution in [-0.2, 0) is 0 Å².